The van der Waals surface area contributed by atoms with Crippen LogP contribution in [0.25, 0.3) is 0 Å². The fraction of sp³-hybridized carbons (Fsp3) is 0.900. The van der Waals surface area contributed by atoms with E-state index in [2.05, 4.69) is 12.2 Å². The van der Waals surface area contributed by atoms with Gasteiger partial charge in [-0.3, -0.25) is 4.79 Å². The fourth-order valence-corrected chi connectivity index (χ4v) is 1.26. The molecule has 0 bridgehead atoms. The Bertz CT molecular complexity index is 141. The van der Waals surface area contributed by atoms with Crippen LogP contribution in [0.4, 0.5) is 0 Å². The minimum atomic E-state index is 0.258. The third-order valence-corrected chi connectivity index (χ3v) is 2.27. The number of amides is 1. The topological polar surface area (TPSA) is 29.1 Å². The van der Waals surface area contributed by atoms with Crippen molar-refractivity contribution in [3.63, 3.8) is 0 Å². The van der Waals surface area contributed by atoms with Crippen molar-refractivity contribution in [1.29, 1.82) is 0 Å². The van der Waals surface area contributed by atoms with Gasteiger partial charge in [-0.2, -0.15) is 0 Å². The largest absolute Gasteiger partial charge is 0.356 e. The van der Waals surface area contributed by atoms with Crippen LogP contribution in [-0.4, -0.2) is 12.5 Å². The molecule has 0 aliphatic heterocycles. The summed E-state index contributed by atoms with van der Waals surface area (Å²) >= 11 is 0. The van der Waals surface area contributed by atoms with Gasteiger partial charge in [-0.1, -0.05) is 19.8 Å². The van der Waals surface area contributed by atoms with Crippen molar-refractivity contribution in [3.8, 4) is 0 Å². The summed E-state index contributed by atoms with van der Waals surface area (Å²) in [5.74, 6) is 0.977. The van der Waals surface area contributed by atoms with Crippen LogP contribution in [0.3, 0.4) is 0 Å². The molecule has 0 saturated heterocycles. The normalized spacial score (nSPS) is 16.1. The van der Waals surface area contributed by atoms with Crippen LogP contribution >= 0.6 is 0 Å². The van der Waals surface area contributed by atoms with Gasteiger partial charge >= 0.3 is 0 Å². The molecule has 1 N–H and O–H groups in total. The molecule has 1 aliphatic carbocycles. The van der Waals surface area contributed by atoms with Gasteiger partial charge in [0, 0.05) is 13.0 Å². The van der Waals surface area contributed by atoms with Crippen molar-refractivity contribution < 1.29 is 4.79 Å². The highest BCUT2D eigenvalue weighted by Gasteiger charge is 2.23. The molecular formula is C10H19NO. The summed E-state index contributed by atoms with van der Waals surface area (Å²) in [5, 5.41) is 2.95. The standard InChI is InChI=1S/C10H19NO/c1-2-3-4-7-11-10(12)8-9-5-6-9/h9H,2-8H2,1H3,(H,11,12). The first kappa shape index (κ1) is 9.56. The molecule has 12 heavy (non-hydrogen) atoms. The highest BCUT2D eigenvalue weighted by molar-refractivity contribution is 5.76. The Labute approximate surface area is 74.7 Å². The molecule has 1 saturated carbocycles. The van der Waals surface area contributed by atoms with Crippen molar-refractivity contribution in [2.24, 2.45) is 5.92 Å². The van der Waals surface area contributed by atoms with Crippen LogP contribution in [0.1, 0.15) is 45.4 Å². The summed E-state index contributed by atoms with van der Waals surface area (Å²) in [6.07, 6.45) is 6.88. The maximum absolute atomic E-state index is 11.1. The van der Waals surface area contributed by atoms with Gasteiger partial charge in [0.15, 0.2) is 0 Å². The molecule has 0 unspecified atom stereocenters. The van der Waals surface area contributed by atoms with Gasteiger partial charge < -0.3 is 5.32 Å². The molecule has 1 aliphatic rings. The molecule has 1 rings (SSSR count). The van der Waals surface area contributed by atoms with Crippen LogP contribution in [0.15, 0.2) is 0 Å². The smallest absolute Gasteiger partial charge is 0.220 e. The van der Waals surface area contributed by atoms with E-state index in [0.29, 0.717) is 0 Å². The van der Waals surface area contributed by atoms with Crippen molar-refractivity contribution >= 4 is 5.91 Å². The second-order valence-corrected chi connectivity index (χ2v) is 3.70. The average molecular weight is 169 g/mol. The predicted molar refractivity (Wildman–Crippen MR) is 49.9 cm³/mol. The van der Waals surface area contributed by atoms with E-state index in [0.717, 1.165) is 25.3 Å². The SMILES string of the molecule is CCCCCNC(=O)CC1CC1. The number of rotatable bonds is 6. The molecule has 2 heteroatoms. The summed E-state index contributed by atoms with van der Waals surface area (Å²) in [5.41, 5.74) is 0. The Morgan fingerprint density at radius 2 is 2.17 bits per heavy atom. The number of hydrogen-bond acceptors (Lipinski definition) is 1. The molecule has 70 valence electrons. The van der Waals surface area contributed by atoms with E-state index in [1.165, 1.54) is 25.7 Å². The van der Waals surface area contributed by atoms with Gasteiger partial charge in [0.05, 0.1) is 0 Å². The monoisotopic (exact) mass is 169 g/mol. The van der Waals surface area contributed by atoms with Gasteiger partial charge in [0.25, 0.3) is 0 Å². The first-order chi connectivity index (χ1) is 5.83. The lowest BCUT2D eigenvalue weighted by atomic mass is 10.2. The molecule has 0 radical (unpaired) electrons. The van der Waals surface area contributed by atoms with Crippen LogP contribution in [0.5, 0.6) is 0 Å². The van der Waals surface area contributed by atoms with Crippen LogP contribution < -0.4 is 5.32 Å². The summed E-state index contributed by atoms with van der Waals surface area (Å²) in [7, 11) is 0. The van der Waals surface area contributed by atoms with Crippen LogP contribution in [0, 0.1) is 5.92 Å². The van der Waals surface area contributed by atoms with Crippen molar-refractivity contribution in [1.82, 2.24) is 5.32 Å². The molecule has 2 nitrogen and oxygen atoms in total. The average Bonchev–Trinajstić information content (AvgIpc) is 2.82. The van der Waals surface area contributed by atoms with Crippen LogP contribution in [-0.2, 0) is 4.79 Å². The number of carbonyl (C=O) groups is 1. The zero-order valence-electron chi connectivity index (χ0n) is 7.94. The maximum atomic E-state index is 11.1. The third kappa shape index (κ3) is 4.37. The van der Waals surface area contributed by atoms with E-state index in [1.807, 2.05) is 0 Å². The summed E-state index contributed by atoms with van der Waals surface area (Å²) in [6, 6.07) is 0. The minimum Gasteiger partial charge on any atom is -0.356 e. The summed E-state index contributed by atoms with van der Waals surface area (Å²) < 4.78 is 0. The van der Waals surface area contributed by atoms with Crippen molar-refractivity contribution in [3.05, 3.63) is 0 Å². The van der Waals surface area contributed by atoms with Gasteiger partial charge in [0.2, 0.25) is 5.91 Å². The van der Waals surface area contributed by atoms with E-state index < -0.39 is 0 Å². The van der Waals surface area contributed by atoms with Gasteiger partial charge in [-0.05, 0) is 25.2 Å². The lowest BCUT2D eigenvalue weighted by Crippen LogP contribution is -2.24. The molecule has 0 atom stereocenters. The van der Waals surface area contributed by atoms with Gasteiger partial charge in [-0.25, -0.2) is 0 Å². The Morgan fingerprint density at radius 3 is 2.75 bits per heavy atom. The summed E-state index contributed by atoms with van der Waals surface area (Å²) in [4.78, 5) is 11.1. The molecule has 1 amide bonds. The second-order valence-electron chi connectivity index (χ2n) is 3.70. The molecule has 0 aromatic rings. The van der Waals surface area contributed by atoms with E-state index in [1.54, 1.807) is 0 Å². The number of unbranched alkanes of at least 4 members (excludes halogenated alkanes) is 2. The number of carbonyl (C=O) groups excluding carboxylic acids is 1. The molecule has 0 aromatic carbocycles. The van der Waals surface area contributed by atoms with E-state index in [-0.39, 0.29) is 5.91 Å². The Balaban J connectivity index is 1.87. The molecular weight excluding hydrogens is 150 g/mol. The number of nitrogens with one attached hydrogen (secondary N) is 1. The molecule has 0 heterocycles. The van der Waals surface area contributed by atoms with Crippen molar-refractivity contribution in [2.75, 3.05) is 6.54 Å². The van der Waals surface area contributed by atoms with E-state index in [4.69, 9.17) is 0 Å². The first-order valence-electron chi connectivity index (χ1n) is 5.09. The first-order valence-corrected chi connectivity index (χ1v) is 5.09. The Hall–Kier alpha value is -0.530. The lowest BCUT2D eigenvalue weighted by molar-refractivity contribution is -0.121. The van der Waals surface area contributed by atoms with Gasteiger partial charge in [-0.15, -0.1) is 0 Å². The van der Waals surface area contributed by atoms with Gasteiger partial charge in [0.1, 0.15) is 0 Å². The zero-order valence-corrected chi connectivity index (χ0v) is 7.94. The molecule has 1 fully saturated rings. The Morgan fingerprint density at radius 1 is 1.42 bits per heavy atom. The highest BCUT2D eigenvalue weighted by Crippen LogP contribution is 2.31. The summed E-state index contributed by atoms with van der Waals surface area (Å²) in [6.45, 7) is 3.05. The number of hydrogen-bond donors (Lipinski definition) is 1. The molecule has 0 spiro atoms. The van der Waals surface area contributed by atoms with E-state index in [9.17, 15) is 4.79 Å². The van der Waals surface area contributed by atoms with Crippen LogP contribution in [0.2, 0.25) is 0 Å². The minimum absolute atomic E-state index is 0.258. The maximum Gasteiger partial charge on any atom is 0.220 e. The second kappa shape index (κ2) is 5.18. The molecule has 0 aromatic heterocycles. The highest BCUT2D eigenvalue weighted by atomic mass is 16.1. The predicted octanol–water partition coefficient (Wildman–Crippen LogP) is 2.09. The quantitative estimate of drug-likeness (QED) is 0.606. The van der Waals surface area contributed by atoms with E-state index >= 15 is 0 Å². The van der Waals surface area contributed by atoms with Crippen molar-refractivity contribution in [2.45, 2.75) is 45.4 Å². The lowest BCUT2D eigenvalue weighted by Gasteiger charge is -2.02. The zero-order chi connectivity index (χ0) is 8.81. The third-order valence-electron chi connectivity index (χ3n) is 2.27. The fourth-order valence-electron chi connectivity index (χ4n) is 1.26. The Kier molecular flexibility index (Phi) is 4.12.